The quantitative estimate of drug-likeness (QED) is 0.542. The van der Waals surface area contributed by atoms with E-state index in [4.69, 9.17) is 4.74 Å². The molecule has 0 aliphatic carbocycles. The van der Waals surface area contributed by atoms with Crippen LogP contribution < -0.4 is 15.4 Å². The van der Waals surface area contributed by atoms with Crippen molar-refractivity contribution in [2.75, 3.05) is 20.2 Å². The van der Waals surface area contributed by atoms with Crippen LogP contribution in [0.5, 0.6) is 5.75 Å². The van der Waals surface area contributed by atoms with E-state index in [1.807, 2.05) is 24.3 Å². The Bertz CT molecular complexity index is 527. The van der Waals surface area contributed by atoms with Gasteiger partial charge < -0.3 is 15.4 Å². The number of ether oxygens (including phenoxy) is 1. The molecule has 1 rings (SSSR count). The first-order chi connectivity index (χ1) is 10.9. The van der Waals surface area contributed by atoms with Crippen LogP contribution in [0.4, 0.5) is 0 Å². The molecule has 2 N–H and O–H groups in total. The van der Waals surface area contributed by atoms with Gasteiger partial charge in [-0.25, -0.2) is 0 Å². The number of benzene rings is 1. The number of methoxy groups -OCH3 is 1. The Kier molecular flexibility index (Phi) is 7.59. The fourth-order valence-electron chi connectivity index (χ4n) is 2.14. The number of amides is 2. The van der Waals surface area contributed by atoms with Gasteiger partial charge in [0.15, 0.2) is 0 Å². The molecule has 1 aromatic rings. The Labute approximate surface area is 138 Å². The summed E-state index contributed by atoms with van der Waals surface area (Å²) in [4.78, 5) is 24.4. The van der Waals surface area contributed by atoms with Gasteiger partial charge in [0.2, 0.25) is 11.8 Å². The fraction of sp³-hybridized carbons (Fsp3) is 0.556. The maximum atomic E-state index is 12.3. The maximum Gasteiger partial charge on any atom is 0.235 e. The lowest BCUT2D eigenvalue weighted by Gasteiger charge is -2.22. The molecule has 0 saturated carbocycles. The minimum absolute atomic E-state index is 0.235. The molecule has 0 fully saturated rings. The first-order valence-corrected chi connectivity index (χ1v) is 8.12. The van der Waals surface area contributed by atoms with Crippen molar-refractivity contribution in [3.05, 3.63) is 29.8 Å². The second-order valence-corrected chi connectivity index (χ2v) is 6.05. The molecule has 1 aromatic carbocycles. The third-order valence-corrected chi connectivity index (χ3v) is 3.82. The topological polar surface area (TPSA) is 67.4 Å². The molecule has 0 saturated heterocycles. The Morgan fingerprint density at radius 1 is 1.09 bits per heavy atom. The molecule has 0 spiro atoms. The van der Waals surface area contributed by atoms with Gasteiger partial charge in [0, 0.05) is 13.1 Å². The van der Waals surface area contributed by atoms with E-state index in [9.17, 15) is 9.59 Å². The molecular weight excluding hydrogens is 292 g/mol. The van der Waals surface area contributed by atoms with Crippen LogP contribution >= 0.6 is 0 Å². The van der Waals surface area contributed by atoms with E-state index in [0.717, 1.165) is 24.2 Å². The molecule has 2 amide bonds. The average molecular weight is 320 g/mol. The lowest BCUT2D eigenvalue weighted by atomic mass is 9.91. The highest BCUT2D eigenvalue weighted by molar-refractivity contribution is 6.04. The first kappa shape index (κ1) is 19.0. The summed E-state index contributed by atoms with van der Waals surface area (Å²) in [6, 6.07) is 7.70. The number of rotatable bonds is 9. The van der Waals surface area contributed by atoms with Gasteiger partial charge in [-0.15, -0.1) is 0 Å². The van der Waals surface area contributed by atoms with Crippen molar-refractivity contribution < 1.29 is 14.3 Å². The Morgan fingerprint density at radius 2 is 1.70 bits per heavy atom. The van der Waals surface area contributed by atoms with E-state index in [0.29, 0.717) is 19.5 Å². The SMILES string of the molecule is CCCCNC(=O)C(C)(C)C(=O)NCCc1ccccc1OC. The molecule has 128 valence electrons. The van der Waals surface area contributed by atoms with Gasteiger partial charge in [-0.05, 0) is 38.3 Å². The molecule has 5 heteroatoms. The van der Waals surface area contributed by atoms with E-state index in [1.54, 1.807) is 21.0 Å². The zero-order chi connectivity index (χ0) is 17.3. The smallest absolute Gasteiger partial charge is 0.235 e. The average Bonchev–Trinajstić information content (AvgIpc) is 2.55. The number of carbonyl (C=O) groups is 2. The van der Waals surface area contributed by atoms with Crippen LogP contribution in [-0.2, 0) is 16.0 Å². The Hall–Kier alpha value is -2.04. The molecule has 0 unspecified atom stereocenters. The second-order valence-electron chi connectivity index (χ2n) is 6.05. The normalized spacial score (nSPS) is 11.0. The minimum Gasteiger partial charge on any atom is -0.496 e. The highest BCUT2D eigenvalue weighted by Gasteiger charge is 2.35. The highest BCUT2D eigenvalue weighted by Crippen LogP contribution is 2.18. The summed E-state index contributed by atoms with van der Waals surface area (Å²) < 4.78 is 5.29. The van der Waals surface area contributed by atoms with Gasteiger partial charge >= 0.3 is 0 Å². The van der Waals surface area contributed by atoms with E-state index >= 15 is 0 Å². The van der Waals surface area contributed by atoms with Gasteiger partial charge in [-0.2, -0.15) is 0 Å². The second kappa shape index (κ2) is 9.18. The number of hydrogen-bond acceptors (Lipinski definition) is 3. The van der Waals surface area contributed by atoms with Crippen LogP contribution in [0.15, 0.2) is 24.3 Å². The molecule has 23 heavy (non-hydrogen) atoms. The van der Waals surface area contributed by atoms with Crippen molar-refractivity contribution in [1.29, 1.82) is 0 Å². The van der Waals surface area contributed by atoms with Crippen molar-refractivity contribution >= 4 is 11.8 Å². The molecule has 0 atom stereocenters. The fourth-order valence-corrected chi connectivity index (χ4v) is 2.14. The molecule has 0 aliphatic rings. The van der Waals surface area contributed by atoms with E-state index < -0.39 is 5.41 Å². The van der Waals surface area contributed by atoms with Gasteiger partial charge in [-0.3, -0.25) is 9.59 Å². The maximum absolute atomic E-state index is 12.3. The lowest BCUT2D eigenvalue weighted by Crippen LogP contribution is -2.48. The summed E-state index contributed by atoms with van der Waals surface area (Å²) in [5.41, 5.74) is -0.0466. The summed E-state index contributed by atoms with van der Waals surface area (Å²) in [6.07, 6.45) is 2.58. The predicted octanol–water partition coefficient (Wildman–Crippen LogP) is 2.30. The molecular formula is C18H28N2O3. The third kappa shape index (κ3) is 5.58. The van der Waals surface area contributed by atoms with Crippen LogP contribution in [0.25, 0.3) is 0 Å². The van der Waals surface area contributed by atoms with E-state index in [-0.39, 0.29) is 11.8 Å². The first-order valence-electron chi connectivity index (χ1n) is 8.12. The monoisotopic (exact) mass is 320 g/mol. The Balaban J connectivity index is 2.50. The molecule has 0 heterocycles. The van der Waals surface area contributed by atoms with Crippen molar-refractivity contribution in [2.45, 2.75) is 40.0 Å². The van der Waals surface area contributed by atoms with Gasteiger partial charge in [-0.1, -0.05) is 31.5 Å². The summed E-state index contributed by atoms with van der Waals surface area (Å²) in [6.45, 7) is 6.42. The van der Waals surface area contributed by atoms with Crippen molar-refractivity contribution in [2.24, 2.45) is 5.41 Å². The molecule has 0 bridgehead atoms. The van der Waals surface area contributed by atoms with E-state index in [2.05, 4.69) is 17.6 Å². The van der Waals surface area contributed by atoms with Crippen molar-refractivity contribution in [3.63, 3.8) is 0 Å². The van der Waals surface area contributed by atoms with Crippen molar-refractivity contribution in [1.82, 2.24) is 10.6 Å². The predicted molar refractivity (Wildman–Crippen MR) is 91.4 cm³/mol. The number of para-hydroxylation sites is 1. The zero-order valence-electron chi connectivity index (χ0n) is 14.6. The lowest BCUT2D eigenvalue weighted by molar-refractivity contribution is -0.141. The Morgan fingerprint density at radius 3 is 2.30 bits per heavy atom. The van der Waals surface area contributed by atoms with Crippen LogP contribution in [0.1, 0.15) is 39.2 Å². The van der Waals surface area contributed by atoms with Crippen molar-refractivity contribution in [3.8, 4) is 5.75 Å². The third-order valence-electron chi connectivity index (χ3n) is 3.82. The zero-order valence-corrected chi connectivity index (χ0v) is 14.6. The van der Waals surface area contributed by atoms with Gasteiger partial charge in [0.1, 0.15) is 11.2 Å². The standard InChI is InChI=1S/C18H28N2O3/c1-5-6-12-19-16(21)18(2,3)17(22)20-13-11-14-9-7-8-10-15(14)23-4/h7-10H,5-6,11-13H2,1-4H3,(H,19,21)(H,20,22). The van der Waals surface area contributed by atoms with Crippen LogP contribution in [-0.4, -0.2) is 32.0 Å². The van der Waals surface area contributed by atoms with Gasteiger partial charge in [0.05, 0.1) is 7.11 Å². The van der Waals surface area contributed by atoms with Crippen LogP contribution in [0.3, 0.4) is 0 Å². The largest absolute Gasteiger partial charge is 0.496 e. The highest BCUT2D eigenvalue weighted by atomic mass is 16.5. The molecule has 0 radical (unpaired) electrons. The summed E-state index contributed by atoms with van der Waals surface area (Å²) >= 11 is 0. The van der Waals surface area contributed by atoms with Crippen LogP contribution in [0, 0.1) is 5.41 Å². The molecule has 0 aliphatic heterocycles. The summed E-state index contributed by atoms with van der Waals surface area (Å²) in [7, 11) is 1.63. The van der Waals surface area contributed by atoms with Crippen LogP contribution in [0.2, 0.25) is 0 Å². The summed E-state index contributed by atoms with van der Waals surface area (Å²) in [5, 5.41) is 5.65. The number of carbonyl (C=O) groups excluding carboxylic acids is 2. The summed E-state index contributed by atoms with van der Waals surface area (Å²) in [5.74, 6) is 0.306. The van der Waals surface area contributed by atoms with Gasteiger partial charge in [0.25, 0.3) is 0 Å². The molecule has 5 nitrogen and oxygen atoms in total. The number of unbranched alkanes of at least 4 members (excludes halogenated alkanes) is 1. The minimum atomic E-state index is -1.07. The molecule has 0 aromatic heterocycles. The number of nitrogens with one attached hydrogen (secondary N) is 2. The number of hydrogen-bond donors (Lipinski definition) is 2. The van der Waals surface area contributed by atoms with E-state index in [1.165, 1.54) is 0 Å².